The molecule has 5 heteroatoms. The summed E-state index contributed by atoms with van der Waals surface area (Å²) in [6.45, 7) is 1.95. The first-order valence-electron chi connectivity index (χ1n) is 6.22. The molecule has 3 nitrogen and oxygen atoms in total. The standard InChI is InChI=1S/C13H18INO2S/c1-10-6-8-11(9-7-10)18(16,17)15-13-5-3-2-4-12(13)14/h6-9,12-13,15H,2-5H2,1H3/t12-,13+/m0/s1. The number of hydrogen-bond acceptors (Lipinski definition) is 2. The van der Waals surface area contributed by atoms with Gasteiger partial charge in [-0.15, -0.1) is 0 Å². The lowest BCUT2D eigenvalue weighted by Crippen LogP contribution is -2.42. The molecule has 2 atom stereocenters. The molecule has 2 rings (SSSR count). The molecule has 1 N–H and O–H groups in total. The van der Waals surface area contributed by atoms with E-state index in [0.717, 1.165) is 24.8 Å². The van der Waals surface area contributed by atoms with Crippen LogP contribution in [0.2, 0.25) is 0 Å². The Bertz CT molecular complexity index is 498. The van der Waals surface area contributed by atoms with Gasteiger partial charge in [-0.05, 0) is 31.9 Å². The molecule has 0 saturated heterocycles. The van der Waals surface area contributed by atoms with Crippen molar-refractivity contribution in [2.75, 3.05) is 0 Å². The van der Waals surface area contributed by atoms with Gasteiger partial charge in [0.1, 0.15) is 0 Å². The Balaban J connectivity index is 2.13. The summed E-state index contributed by atoms with van der Waals surface area (Å²) in [6, 6.07) is 7.07. The second-order valence-electron chi connectivity index (χ2n) is 4.84. The monoisotopic (exact) mass is 379 g/mol. The Morgan fingerprint density at radius 2 is 1.78 bits per heavy atom. The topological polar surface area (TPSA) is 46.2 Å². The zero-order valence-corrected chi connectivity index (χ0v) is 13.4. The van der Waals surface area contributed by atoms with Crippen molar-refractivity contribution in [2.24, 2.45) is 0 Å². The van der Waals surface area contributed by atoms with E-state index in [1.165, 1.54) is 6.42 Å². The van der Waals surface area contributed by atoms with Crippen LogP contribution < -0.4 is 4.72 Å². The molecule has 1 aliphatic carbocycles. The first-order valence-corrected chi connectivity index (χ1v) is 8.95. The molecule has 0 spiro atoms. The summed E-state index contributed by atoms with van der Waals surface area (Å²) in [4.78, 5) is 0.363. The normalized spacial score (nSPS) is 25.0. The molecule has 1 saturated carbocycles. The van der Waals surface area contributed by atoms with Crippen LogP contribution in [-0.4, -0.2) is 18.4 Å². The predicted octanol–water partition coefficient (Wildman–Crippen LogP) is 3.02. The van der Waals surface area contributed by atoms with E-state index in [1.54, 1.807) is 12.1 Å². The Kier molecular flexibility index (Phi) is 4.66. The van der Waals surface area contributed by atoms with E-state index in [2.05, 4.69) is 27.3 Å². The summed E-state index contributed by atoms with van der Waals surface area (Å²) in [5.41, 5.74) is 1.07. The molecular weight excluding hydrogens is 361 g/mol. The van der Waals surface area contributed by atoms with Crippen molar-refractivity contribution in [1.29, 1.82) is 0 Å². The van der Waals surface area contributed by atoms with Gasteiger partial charge in [0.05, 0.1) is 4.90 Å². The Hall–Kier alpha value is -0.140. The van der Waals surface area contributed by atoms with E-state index < -0.39 is 10.0 Å². The number of hydrogen-bond donors (Lipinski definition) is 1. The van der Waals surface area contributed by atoms with Gasteiger partial charge in [-0.3, -0.25) is 0 Å². The number of alkyl halides is 1. The van der Waals surface area contributed by atoms with E-state index in [1.807, 2.05) is 19.1 Å². The van der Waals surface area contributed by atoms with Crippen LogP contribution in [-0.2, 0) is 10.0 Å². The van der Waals surface area contributed by atoms with Crippen molar-refractivity contribution >= 4 is 32.6 Å². The number of aryl methyl sites for hydroxylation is 1. The maximum atomic E-state index is 12.2. The van der Waals surface area contributed by atoms with E-state index in [4.69, 9.17) is 0 Å². The minimum Gasteiger partial charge on any atom is -0.207 e. The number of nitrogens with one attached hydrogen (secondary N) is 1. The lowest BCUT2D eigenvalue weighted by Gasteiger charge is -2.27. The quantitative estimate of drug-likeness (QED) is 0.648. The van der Waals surface area contributed by atoms with Gasteiger partial charge in [-0.2, -0.15) is 0 Å². The van der Waals surface area contributed by atoms with Crippen molar-refractivity contribution < 1.29 is 8.42 Å². The third-order valence-corrected chi connectivity index (χ3v) is 6.32. The molecule has 100 valence electrons. The Morgan fingerprint density at radius 3 is 2.39 bits per heavy atom. The van der Waals surface area contributed by atoms with Gasteiger partial charge in [-0.25, -0.2) is 13.1 Å². The van der Waals surface area contributed by atoms with Crippen molar-refractivity contribution in [1.82, 2.24) is 4.72 Å². The van der Waals surface area contributed by atoms with Crippen LogP contribution in [0.5, 0.6) is 0 Å². The fourth-order valence-electron chi connectivity index (χ4n) is 2.20. The molecule has 0 aliphatic heterocycles. The molecule has 18 heavy (non-hydrogen) atoms. The van der Waals surface area contributed by atoms with Crippen molar-refractivity contribution in [3.05, 3.63) is 29.8 Å². The average Bonchev–Trinajstić information content (AvgIpc) is 2.32. The highest BCUT2D eigenvalue weighted by Gasteiger charge is 2.27. The highest BCUT2D eigenvalue weighted by Crippen LogP contribution is 2.26. The summed E-state index contributed by atoms with van der Waals surface area (Å²) < 4.78 is 27.7. The van der Waals surface area contributed by atoms with Crippen molar-refractivity contribution in [3.8, 4) is 0 Å². The minimum atomic E-state index is -3.36. The van der Waals surface area contributed by atoms with E-state index in [9.17, 15) is 8.42 Å². The molecule has 0 radical (unpaired) electrons. The maximum absolute atomic E-state index is 12.2. The molecule has 0 unspecified atom stereocenters. The van der Waals surface area contributed by atoms with E-state index in [-0.39, 0.29) is 6.04 Å². The number of benzene rings is 1. The number of halogens is 1. The number of sulfonamides is 1. The summed E-state index contributed by atoms with van der Waals surface area (Å²) >= 11 is 2.36. The molecule has 1 aromatic rings. The van der Waals surface area contributed by atoms with Gasteiger partial charge in [0.2, 0.25) is 10.0 Å². The highest BCUT2D eigenvalue weighted by atomic mass is 127. The third-order valence-electron chi connectivity index (χ3n) is 3.32. The van der Waals surface area contributed by atoms with Gasteiger partial charge in [0, 0.05) is 9.97 Å². The van der Waals surface area contributed by atoms with Crippen LogP contribution in [0.25, 0.3) is 0 Å². The SMILES string of the molecule is Cc1ccc(S(=O)(=O)N[C@@H]2CCCC[C@@H]2I)cc1. The van der Waals surface area contributed by atoms with Gasteiger partial charge < -0.3 is 0 Å². The van der Waals surface area contributed by atoms with Crippen LogP contribution in [0.4, 0.5) is 0 Å². The van der Waals surface area contributed by atoms with Crippen LogP contribution >= 0.6 is 22.6 Å². The third kappa shape index (κ3) is 3.45. The van der Waals surface area contributed by atoms with Crippen LogP contribution in [0.15, 0.2) is 29.2 Å². The Labute approximate surface area is 123 Å². The van der Waals surface area contributed by atoms with Gasteiger partial charge in [-0.1, -0.05) is 53.1 Å². The molecule has 1 aromatic carbocycles. The lowest BCUT2D eigenvalue weighted by atomic mass is 9.96. The molecular formula is C13H18INO2S. The second kappa shape index (κ2) is 5.88. The molecule has 0 amide bonds. The first kappa shape index (κ1) is 14.3. The summed E-state index contributed by atoms with van der Waals surface area (Å²) in [6.07, 6.45) is 4.36. The predicted molar refractivity (Wildman–Crippen MR) is 81.6 cm³/mol. The van der Waals surface area contributed by atoms with Crippen molar-refractivity contribution in [3.63, 3.8) is 0 Å². The van der Waals surface area contributed by atoms with E-state index in [0.29, 0.717) is 8.82 Å². The van der Waals surface area contributed by atoms with Gasteiger partial charge >= 0.3 is 0 Å². The summed E-state index contributed by atoms with van der Waals surface area (Å²) in [5.74, 6) is 0. The second-order valence-corrected chi connectivity index (χ2v) is 8.16. The largest absolute Gasteiger partial charge is 0.240 e. The smallest absolute Gasteiger partial charge is 0.207 e. The van der Waals surface area contributed by atoms with Gasteiger partial charge in [0.15, 0.2) is 0 Å². The fraction of sp³-hybridized carbons (Fsp3) is 0.538. The van der Waals surface area contributed by atoms with Gasteiger partial charge in [0.25, 0.3) is 0 Å². The Morgan fingerprint density at radius 1 is 1.17 bits per heavy atom. The number of rotatable bonds is 3. The summed E-state index contributed by atoms with van der Waals surface area (Å²) in [7, 11) is -3.36. The summed E-state index contributed by atoms with van der Waals surface area (Å²) in [5, 5.41) is 0. The van der Waals surface area contributed by atoms with Crippen LogP contribution in [0.3, 0.4) is 0 Å². The van der Waals surface area contributed by atoms with Crippen molar-refractivity contribution in [2.45, 2.75) is 47.5 Å². The minimum absolute atomic E-state index is 0.0747. The fourth-order valence-corrected chi connectivity index (χ4v) is 4.74. The molecule has 1 aliphatic rings. The van der Waals surface area contributed by atoms with E-state index >= 15 is 0 Å². The average molecular weight is 379 g/mol. The zero-order valence-electron chi connectivity index (χ0n) is 10.4. The highest BCUT2D eigenvalue weighted by molar-refractivity contribution is 14.1. The van der Waals surface area contributed by atoms with Crippen LogP contribution in [0.1, 0.15) is 31.2 Å². The molecule has 0 bridgehead atoms. The molecule has 1 fully saturated rings. The zero-order chi connectivity index (χ0) is 13.2. The molecule has 0 heterocycles. The maximum Gasteiger partial charge on any atom is 0.240 e. The molecule has 0 aromatic heterocycles. The first-order chi connectivity index (χ1) is 8.49. The lowest BCUT2D eigenvalue weighted by molar-refractivity contribution is 0.433. The van der Waals surface area contributed by atoms with Crippen LogP contribution in [0, 0.1) is 6.92 Å².